The molecule has 14 heavy (non-hydrogen) atoms. The predicted octanol–water partition coefficient (Wildman–Crippen LogP) is 1.75. The third kappa shape index (κ3) is 1.83. The Balaban J connectivity index is 2.19. The number of nitrogens with one attached hydrogen (secondary N) is 1. The van der Waals surface area contributed by atoms with Crippen molar-refractivity contribution in [1.29, 1.82) is 0 Å². The molecule has 0 unspecified atom stereocenters. The molecule has 74 valence electrons. The average Bonchev–Trinajstić information content (AvgIpc) is 2.67. The molecule has 0 bridgehead atoms. The van der Waals surface area contributed by atoms with E-state index in [1.54, 1.807) is 24.8 Å². The fraction of sp³-hybridized carbons (Fsp3) is 0.333. The zero-order valence-electron chi connectivity index (χ0n) is 7.86. The summed E-state index contributed by atoms with van der Waals surface area (Å²) in [4.78, 5) is 8.34. The maximum atomic E-state index is 4.95. The maximum Gasteiger partial charge on any atom is 0.147 e. The zero-order valence-corrected chi connectivity index (χ0v) is 8.67. The summed E-state index contributed by atoms with van der Waals surface area (Å²) in [5.41, 5.74) is 0.991. The molecule has 4 nitrogen and oxygen atoms in total. The molecule has 0 aliphatic carbocycles. The van der Waals surface area contributed by atoms with Crippen LogP contribution in [0.25, 0.3) is 10.2 Å². The van der Waals surface area contributed by atoms with Crippen LogP contribution in [0.3, 0.4) is 0 Å². The van der Waals surface area contributed by atoms with Crippen molar-refractivity contribution in [1.82, 2.24) is 9.97 Å². The van der Waals surface area contributed by atoms with E-state index in [0.717, 1.165) is 22.6 Å². The molecule has 0 spiro atoms. The lowest BCUT2D eigenvalue weighted by Gasteiger charge is -2.04. The topological polar surface area (TPSA) is 47.0 Å². The Morgan fingerprint density at radius 3 is 3.29 bits per heavy atom. The number of aromatic nitrogens is 2. The van der Waals surface area contributed by atoms with E-state index in [9.17, 15) is 0 Å². The SMILES string of the molecule is COCCNc1ncnc2ccsc12. The van der Waals surface area contributed by atoms with Gasteiger partial charge >= 0.3 is 0 Å². The van der Waals surface area contributed by atoms with Gasteiger partial charge in [-0.05, 0) is 11.4 Å². The van der Waals surface area contributed by atoms with Gasteiger partial charge in [-0.2, -0.15) is 0 Å². The summed E-state index contributed by atoms with van der Waals surface area (Å²) < 4.78 is 6.06. The quantitative estimate of drug-likeness (QED) is 0.779. The summed E-state index contributed by atoms with van der Waals surface area (Å²) in [6.45, 7) is 1.44. The molecule has 1 N–H and O–H groups in total. The Kier molecular flexibility index (Phi) is 2.90. The number of anilines is 1. The smallest absolute Gasteiger partial charge is 0.147 e. The highest BCUT2D eigenvalue weighted by atomic mass is 32.1. The lowest BCUT2D eigenvalue weighted by Crippen LogP contribution is -2.08. The number of ether oxygens (including phenoxy) is 1. The van der Waals surface area contributed by atoms with Gasteiger partial charge < -0.3 is 10.1 Å². The summed E-state index contributed by atoms with van der Waals surface area (Å²) in [5.74, 6) is 0.891. The second-order valence-corrected chi connectivity index (χ2v) is 3.69. The van der Waals surface area contributed by atoms with Crippen LogP contribution in [-0.2, 0) is 4.74 Å². The molecule has 5 heteroatoms. The number of hydrogen-bond acceptors (Lipinski definition) is 5. The highest BCUT2D eigenvalue weighted by molar-refractivity contribution is 7.17. The largest absolute Gasteiger partial charge is 0.383 e. The standard InChI is InChI=1S/C9H11N3OS/c1-13-4-3-10-9-8-7(2-5-14-8)11-6-12-9/h2,5-6H,3-4H2,1H3,(H,10,11,12). The molecule has 0 fully saturated rings. The van der Waals surface area contributed by atoms with Gasteiger partial charge in [0.25, 0.3) is 0 Å². The number of rotatable bonds is 4. The second kappa shape index (κ2) is 4.34. The van der Waals surface area contributed by atoms with Gasteiger partial charge in [-0.1, -0.05) is 0 Å². The van der Waals surface area contributed by atoms with E-state index >= 15 is 0 Å². The Labute approximate surface area is 86.0 Å². The van der Waals surface area contributed by atoms with Gasteiger partial charge in [-0.25, -0.2) is 9.97 Å². The Morgan fingerprint density at radius 1 is 1.50 bits per heavy atom. The van der Waals surface area contributed by atoms with Crippen molar-refractivity contribution in [3.05, 3.63) is 17.8 Å². The van der Waals surface area contributed by atoms with Crippen LogP contribution in [0, 0.1) is 0 Å². The van der Waals surface area contributed by atoms with E-state index in [1.807, 2.05) is 11.4 Å². The molecule has 0 aliphatic rings. The molecule has 0 radical (unpaired) electrons. The van der Waals surface area contributed by atoms with Crippen LogP contribution in [-0.4, -0.2) is 30.2 Å². The highest BCUT2D eigenvalue weighted by Crippen LogP contribution is 2.24. The van der Waals surface area contributed by atoms with Crippen LogP contribution in [0.1, 0.15) is 0 Å². The summed E-state index contributed by atoms with van der Waals surface area (Å²) in [6, 6.07) is 1.99. The normalized spacial score (nSPS) is 10.6. The maximum absolute atomic E-state index is 4.95. The van der Waals surface area contributed by atoms with E-state index in [4.69, 9.17) is 4.74 Å². The molecule has 2 aromatic rings. The number of thiophene rings is 1. The summed E-state index contributed by atoms with van der Waals surface area (Å²) >= 11 is 1.64. The van der Waals surface area contributed by atoms with E-state index in [1.165, 1.54) is 0 Å². The highest BCUT2D eigenvalue weighted by Gasteiger charge is 2.02. The van der Waals surface area contributed by atoms with Crippen LogP contribution < -0.4 is 5.32 Å². The van der Waals surface area contributed by atoms with Gasteiger partial charge in [0.2, 0.25) is 0 Å². The minimum atomic E-state index is 0.677. The van der Waals surface area contributed by atoms with Crippen LogP contribution in [0.15, 0.2) is 17.8 Å². The molecule has 0 atom stereocenters. The first-order valence-electron chi connectivity index (χ1n) is 4.33. The molecule has 0 aromatic carbocycles. The summed E-state index contributed by atoms with van der Waals surface area (Å²) in [7, 11) is 1.68. The molecular weight excluding hydrogens is 198 g/mol. The van der Waals surface area contributed by atoms with Crippen molar-refractivity contribution in [2.24, 2.45) is 0 Å². The van der Waals surface area contributed by atoms with Crippen LogP contribution >= 0.6 is 11.3 Å². The number of methoxy groups -OCH3 is 1. The predicted molar refractivity (Wildman–Crippen MR) is 57.8 cm³/mol. The first-order chi connectivity index (χ1) is 6.92. The molecule has 0 saturated carbocycles. The van der Waals surface area contributed by atoms with Gasteiger partial charge in [0.15, 0.2) is 0 Å². The first kappa shape index (κ1) is 9.36. The first-order valence-corrected chi connectivity index (χ1v) is 5.21. The van der Waals surface area contributed by atoms with Gasteiger partial charge in [0.05, 0.1) is 16.8 Å². The third-order valence-electron chi connectivity index (χ3n) is 1.84. The van der Waals surface area contributed by atoms with E-state index < -0.39 is 0 Å². The van der Waals surface area contributed by atoms with Crippen molar-refractivity contribution >= 4 is 27.4 Å². The Bertz CT molecular complexity index is 415. The third-order valence-corrected chi connectivity index (χ3v) is 2.75. The fourth-order valence-electron chi connectivity index (χ4n) is 1.19. The summed E-state index contributed by atoms with van der Waals surface area (Å²) in [6.07, 6.45) is 1.57. The average molecular weight is 209 g/mol. The Hall–Kier alpha value is -1.20. The van der Waals surface area contributed by atoms with Crippen LogP contribution in [0.2, 0.25) is 0 Å². The Morgan fingerprint density at radius 2 is 2.43 bits per heavy atom. The van der Waals surface area contributed by atoms with E-state index in [0.29, 0.717) is 6.61 Å². The van der Waals surface area contributed by atoms with Crippen molar-refractivity contribution in [2.45, 2.75) is 0 Å². The monoisotopic (exact) mass is 209 g/mol. The molecule has 2 rings (SSSR count). The van der Waals surface area contributed by atoms with Crippen molar-refractivity contribution in [3.8, 4) is 0 Å². The molecule has 0 aliphatic heterocycles. The van der Waals surface area contributed by atoms with Crippen molar-refractivity contribution in [2.75, 3.05) is 25.6 Å². The van der Waals surface area contributed by atoms with E-state index in [2.05, 4.69) is 15.3 Å². The van der Waals surface area contributed by atoms with Crippen molar-refractivity contribution in [3.63, 3.8) is 0 Å². The van der Waals surface area contributed by atoms with Crippen LogP contribution in [0.5, 0.6) is 0 Å². The fourth-order valence-corrected chi connectivity index (χ4v) is 2.00. The number of fused-ring (bicyclic) bond motifs is 1. The van der Waals surface area contributed by atoms with Gasteiger partial charge in [-0.15, -0.1) is 11.3 Å². The van der Waals surface area contributed by atoms with Crippen molar-refractivity contribution < 1.29 is 4.74 Å². The minimum absolute atomic E-state index is 0.677. The minimum Gasteiger partial charge on any atom is -0.383 e. The number of nitrogens with zero attached hydrogens (tertiary/aromatic N) is 2. The summed E-state index contributed by atoms with van der Waals surface area (Å²) in [5, 5.41) is 5.22. The molecular formula is C9H11N3OS. The van der Waals surface area contributed by atoms with Gasteiger partial charge in [-0.3, -0.25) is 0 Å². The molecule has 2 aromatic heterocycles. The second-order valence-electron chi connectivity index (χ2n) is 2.78. The zero-order chi connectivity index (χ0) is 9.80. The lowest BCUT2D eigenvalue weighted by molar-refractivity contribution is 0.210. The molecule has 2 heterocycles. The van der Waals surface area contributed by atoms with Gasteiger partial charge in [0.1, 0.15) is 12.1 Å². The van der Waals surface area contributed by atoms with Crippen LogP contribution in [0.4, 0.5) is 5.82 Å². The van der Waals surface area contributed by atoms with E-state index in [-0.39, 0.29) is 0 Å². The molecule has 0 saturated heterocycles. The number of hydrogen-bond donors (Lipinski definition) is 1. The van der Waals surface area contributed by atoms with Gasteiger partial charge in [0, 0.05) is 13.7 Å². The molecule has 0 amide bonds. The lowest BCUT2D eigenvalue weighted by atomic mass is 10.4.